The van der Waals surface area contributed by atoms with Gasteiger partial charge in [0.15, 0.2) is 5.65 Å². The van der Waals surface area contributed by atoms with Gasteiger partial charge in [-0.05, 0) is 19.2 Å². The molecule has 0 saturated heterocycles. The fraction of sp³-hybridized carbons (Fsp3) is 0.412. The number of amides is 1. The number of carbonyl (C=O) groups excluding carboxylic acids is 1. The molecule has 0 aliphatic heterocycles. The molecule has 0 bridgehead atoms. The Morgan fingerprint density at radius 1 is 1.24 bits per heavy atom. The maximum atomic E-state index is 11.5. The number of hydrogen-bond acceptors (Lipinski definition) is 6. The van der Waals surface area contributed by atoms with E-state index in [1.165, 1.54) is 0 Å². The maximum Gasteiger partial charge on any atom is 0.237 e. The van der Waals surface area contributed by atoms with Crippen molar-refractivity contribution in [2.75, 3.05) is 25.4 Å². The SMILES string of the molecule is CCN(CC)CCSc1nnc2c3ccccc3n(CC(N)=O)c2n1. The summed E-state index contributed by atoms with van der Waals surface area (Å²) in [6, 6.07) is 7.75. The van der Waals surface area contributed by atoms with E-state index in [1.807, 2.05) is 28.8 Å². The van der Waals surface area contributed by atoms with Gasteiger partial charge in [-0.3, -0.25) is 4.79 Å². The van der Waals surface area contributed by atoms with Crippen molar-refractivity contribution in [1.82, 2.24) is 24.6 Å². The second-order valence-corrected chi connectivity index (χ2v) is 6.77. The molecule has 0 aliphatic carbocycles. The number of para-hydroxylation sites is 1. The van der Waals surface area contributed by atoms with E-state index in [9.17, 15) is 4.79 Å². The average molecular weight is 358 g/mol. The quantitative estimate of drug-likeness (QED) is 0.619. The Hall–Kier alpha value is -2.19. The largest absolute Gasteiger partial charge is 0.368 e. The number of aromatic nitrogens is 4. The normalized spacial score (nSPS) is 11.6. The molecule has 1 amide bonds. The second kappa shape index (κ2) is 7.79. The first-order valence-corrected chi connectivity index (χ1v) is 9.37. The first-order valence-electron chi connectivity index (χ1n) is 8.39. The van der Waals surface area contributed by atoms with E-state index in [0.717, 1.165) is 36.3 Å². The fourth-order valence-corrected chi connectivity index (χ4v) is 3.65. The topological polar surface area (TPSA) is 89.9 Å². The van der Waals surface area contributed by atoms with Crippen molar-refractivity contribution in [1.29, 1.82) is 0 Å². The number of hydrogen-bond donors (Lipinski definition) is 1. The highest BCUT2D eigenvalue weighted by Gasteiger charge is 2.16. The summed E-state index contributed by atoms with van der Waals surface area (Å²) in [6.07, 6.45) is 0. The molecule has 0 radical (unpaired) electrons. The van der Waals surface area contributed by atoms with Crippen molar-refractivity contribution in [2.24, 2.45) is 5.73 Å². The molecule has 0 unspecified atom stereocenters. The van der Waals surface area contributed by atoms with Crippen LogP contribution in [0.2, 0.25) is 0 Å². The summed E-state index contributed by atoms with van der Waals surface area (Å²) in [4.78, 5) is 18.5. The first-order chi connectivity index (χ1) is 12.1. The van der Waals surface area contributed by atoms with Gasteiger partial charge in [0.1, 0.15) is 12.1 Å². The van der Waals surface area contributed by atoms with E-state index in [0.29, 0.717) is 16.3 Å². The average Bonchev–Trinajstić information content (AvgIpc) is 2.92. The van der Waals surface area contributed by atoms with Crippen LogP contribution in [0.1, 0.15) is 13.8 Å². The Morgan fingerprint density at radius 2 is 2.00 bits per heavy atom. The molecule has 2 aromatic heterocycles. The zero-order chi connectivity index (χ0) is 17.8. The van der Waals surface area contributed by atoms with E-state index in [4.69, 9.17) is 5.73 Å². The number of primary amides is 1. The van der Waals surface area contributed by atoms with Crippen molar-refractivity contribution in [3.8, 4) is 0 Å². The molecule has 0 aliphatic rings. The van der Waals surface area contributed by atoms with Crippen molar-refractivity contribution in [3.05, 3.63) is 24.3 Å². The Morgan fingerprint density at radius 3 is 2.72 bits per heavy atom. The Balaban J connectivity index is 1.93. The smallest absolute Gasteiger partial charge is 0.237 e. The number of nitrogens with two attached hydrogens (primary N) is 1. The summed E-state index contributed by atoms with van der Waals surface area (Å²) in [5.74, 6) is 0.488. The summed E-state index contributed by atoms with van der Waals surface area (Å²) >= 11 is 1.58. The van der Waals surface area contributed by atoms with Crippen molar-refractivity contribution in [2.45, 2.75) is 25.5 Å². The molecule has 2 heterocycles. The number of thioether (sulfide) groups is 1. The van der Waals surface area contributed by atoms with Crippen molar-refractivity contribution in [3.63, 3.8) is 0 Å². The minimum absolute atomic E-state index is 0.0757. The Labute approximate surface area is 150 Å². The summed E-state index contributed by atoms with van der Waals surface area (Å²) in [5, 5.41) is 10.2. The van der Waals surface area contributed by atoms with Gasteiger partial charge in [-0.25, -0.2) is 4.98 Å². The minimum Gasteiger partial charge on any atom is -0.368 e. The van der Waals surface area contributed by atoms with E-state index in [-0.39, 0.29) is 6.54 Å². The minimum atomic E-state index is -0.406. The molecule has 3 aromatic rings. The number of fused-ring (bicyclic) bond motifs is 3. The third kappa shape index (κ3) is 3.74. The highest BCUT2D eigenvalue weighted by Crippen LogP contribution is 2.26. The van der Waals surface area contributed by atoms with Crippen LogP contribution in [0.4, 0.5) is 0 Å². The van der Waals surface area contributed by atoms with Gasteiger partial charge in [0, 0.05) is 17.7 Å². The molecule has 25 heavy (non-hydrogen) atoms. The molecular weight excluding hydrogens is 336 g/mol. The van der Waals surface area contributed by atoms with Crippen LogP contribution in [0.15, 0.2) is 29.4 Å². The van der Waals surface area contributed by atoms with Gasteiger partial charge in [-0.2, -0.15) is 0 Å². The third-order valence-corrected chi connectivity index (χ3v) is 5.02. The van der Waals surface area contributed by atoms with Gasteiger partial charge in [0.2, 0.25) is 11.1 Å². The van der Waals surface area contributed by atoms with Gasteiger partial charge >= 0.3 is 0 Å². The van der Waals surface area contributed by atoms with Crippen LogP contribution in [-0.2, 0) is 11.3 Å². The number of benzene rings is 1. The summed E-state index contributed by atoms with van der Waals surface area (Å²) in [7, 11) is 0. The van der Waals surface area contributed by atoms with Crippen molar-refractivity contribution < 1.29 is 4.79 Å². The molecule has 0 fully saturated rings. The molecule has 0 atom stereocenters. The number of nitrogens with zero attached hydrogens (tertiary/aromatic N) is 5. The molecule has 132 valence electrons. The van der Waals surface area contributed by atoms with Crippen LogP contribution >= 0.6 is 11.8 Å². The highest BCUT2D eigenvalue weighted by atomic mass is 32.2. The van der Waals surface area contributed by atoms with Gasteiger partial charge in [0.05, 0.1) is 5.52 Å². The molecular formula is C17H22N6OS. The predicted octanol–water partition coefficient (Wildman–Crippen LogP) is 1.90. The van der Waals surface area contributed by atoms with Crippen LogP contribution in [0.3, 0.4) is 0 Å². The van der Waals surface area contributed by atoms with E-state index in [1.54, 1.807) is 11.8 Å². The molecule has 8 heteroatoms. The summed E-state index contributed by atoms with van der Waals surface area (Å²) < 4.78 is 1.82. The van der Waals surface area contributed by atoms with Crippen LogP contribution in [-0.4, -0.2) is 55.9 Å². The summed E-state index contributed by atoms with van der Waals surface area (Å²) in [6.45, 7) is 7.42. The number of rotatable bonds is 8. The predicted molar refractivity (Wildman–Crippen MR) is 101 cm³/mol. The van der Waals surface area contributed by atoms with Crippen LogP contribution in [0, 0.1) is 0 Å². The second-order valence-electron chi connectivity index (χ2n) is 5.71. The maximum absolute atomic E-state index is 11.5. The van der Waals surface area contributed by atoms with Gasteiger partial charge in [0.25, 0.3) is 0 Å². The van der Waals surface area contributed by atoms with E-state index < -0.39 is 5.91 Å². The number of carbonyl (C=O) groups is 1. The van der Waals surface area contributed by atoms with Gasteiger partial charge < -0.3 is 15.2 Å². The lowest BCUT2D eigenvalue weighted by Crippen LogP contribution is -2.25. The van der Waals surface area contributed by atoms with Gasteiger partial charge in [-0.1, -0.05) is 43.8 Å². The van der Waals surface area contributed by atoms with Crippen molar-refractivity contribution >= 4 is 39.7 Å². The molecule has 3 rings (SSSR count). The fourth-order valence-electron chi connectivity index (χ4n) is 2.87. The Kier molecular flexibility index (Phi) is 5.50. The lowest BCUT2D eigenvalue weighted by Gasteiger charge is -2.16. The Bertz CT molecular complexity index is 889. The molecule has 0 spiro atoms. The van der Waals surface area contributed by atoms with Crippen LogP contribution in [0.25, 0.3) is 22.1 Å². The zero-order valence-corrected chi connectivity index (χ0v) is 15.3. The highest BCUT2D eigenvalue weighted by molar-refractivity contribution is 7.99. The molecule has 2 N–H and O–H groups in total. The van der Waals surface area contributed by atoms with E-state index in [2.05, 4.69) is 33.9 Å². The molecule has 0 saturated carbocycles. The monoisotopic (exact) mass is 358 g/mol. The molecule has 1 aromatic carbocycles. The lowest BCUT2D eigenvalue weighted by atomic mass is 10.2. The summed E-state index contributed by atoms with van der Waals surface area (Å²) in [5.41, 5.74) is 7.66. The van der Waals surface area contributed by atoms with Crippen LogP contribution < -0.4 is 5.73 Å². The first kappa shape index (κ1) is 17.6. The third-order valence-electron chi connectivity index (χ3n) is 4.20. The zero-order valence-electron chi connectivity index (χ0n) is 14.5. The standard InChI is InChI=1S/C17H22N6OS/c1-3-22(4-2)9-10-25-17-19-16-15(20-21-17)12-7-5-6-8-13(12)23(16)11-14(18)24/h5-8H,3-4,9-11H2,1-2H3,(H2,18,24). The van der Waals surface area contributed by atoms with Gasteiger partial charge in [-0.15, -0.1) is 10.2 Å². The van der Waals surface area contributed by atoms with Crippen LogP contribution in [0.5, 0.6) is 0 Å². The van der Waals surface area contributed by atoms with E-state index >= 15 is 0 Å². The lowest BCUT2D eigenvalue weighted by molar-refractivity contribution is -0.118. The molecule has 7 nitrogen and oxygen atoms in total.